The van der Waals surface area contributed by atoms with E-state index in [1.807, 2.05) is 0 Å². The van der Waals surface area contributed by atoms with Crippen LogP contribution in [0, 0.1) is 11.3 Å². The van der Waals surface area contributed by atoms with Gasteiger partial charge < -0.3 is 20.5 Å². The number of rotatable bonds is 7. The summed E-state index contributed by atoms with van der Waals surface area (Å²) in [4.78, 5) is 15.4. The number of hydrogen-bond acceptors (Lipinski definition) is 4. The van der Waals surface area contributed by atoms with Gasteiger partial charge in [0, 0.05) is 25.4 Å². The highest BCUT2D eigenvalue weighted by Crippen LogP contribution is 2.66. The number of nitrogens with one attached hydrogen (secondary N) is 2. The molecule has 1 atom stereocenters. The number of aliphatic hydroxyl groups is 1. The first-order valence-electron chi connectivity index (χ1n) is 7.56. The third kappa shape index (κ3) is 3.52. The molecule has 3 aliphatic carbocycles. The molecule has 0 aliphatic heterocycles. The lowest BCUT2D eigenvalue weighted by molar-refractivity contribution is -0.180. The number of alkyl halides is 2. The van der Waals surface area contributed by atoms with Crippen LogP contribution in [-0.2, 0) is 6.54 Å². The molecule has 3 saturated carbocycles. The van der Waals surface area contributed by atoms with Crippen LogP contribution in [0.5, 0.6) is 5.88 Å². The van der Waals surface area contributed by atoms with Gasteiger partial charge in [-0.25, -0.2) is 9.78 Å². The summed E-state index contributed by atoms with van der Waals surface area (Å²) < 4.78 is 28.4. The highest BCUT2D eigenvalue weighted by Gasteiger charge is 2.60. The maximum Gasteiger partial charge on any atom is 0.388 e. The molecule has 0 saturated heterocycles. The fourth-order valence-electron chi connectivity index (χ4n) is 3.32. The molecule has 4 rings (SSSR count). The minimum atomic E-state index is -2.94. The summed E-state index contributed by atoms with van der Waals surface area (Å²) in [5, 5.41) is 15.3. The third-order valence-corrected chi connectivity index (χ3v) is 4.71. The first-order valence-corrected chi connectivity index (χ1v) is 7.56. The fraction of sp³-hybridized carbons (Fsp3) is 0.600. The monoisotopic (exact) mass is 327 g/mol. The largest absolute Gasteiger partial charge is 0.417 e. The third-order valence-electron chi connectivity index (χ3n) is 4.71. The molecular formula is C15H19F2N3O3. The number of pyridine rings is 1. The van der Waals surface area contributed by atoms with Crippen molar-refractivity contribution in [2.45, 2.75) is 38.5 Å². The van der Waals surface area contributed by atoms with Gasteiger partial charge >= 0.3 is 12.6 Å². The van der Waals surface area contributed by atoms with E-state index in [0.717, 1.165) is 25.2 Å². The fourth-order valence-corrected chi connectivity index (χ4v) is 3.32. The van der Waals surface area contributed by atoms with Crippen LogP contribution < -0.4 is 15.4 Å². The maximum absolute atomic E-state index is 12.1. The predicted molar refractivity (Wildman–Crippen MR) is 76.9 cm³/mol. The number of nitrogens with zero attached hydrogens (tertiary/aromatic N) is 1. The van der Waals surface area contributed by atoms with E-state index in [1.165, 1.54) is 12.3 Å². The van der Waals surface area contributed by atoms with Crippen molar-refractivity contribution in [1.82, 2.24) is 15.6 Å². The number of ether oxygens (including phenoxy) is 1. The van der Waals surface area contributed by atoms with Crippen LogP contribution in [0.15, 0.2) is 18.3 Å². The Kier molecular flexibility index (Phi) is 4.34. The molecule has 6 nitrogen and oxygen atoms in total. The molecular weight excluding hydrogens is 308 g/mol. The zero-order valence-corrected chi connectivity index (χ0v) is 12.5. The number of carbonyl (C=O) groups excluding carboxylic acids is 1. The molecule has 3 N–H and O–H groups in total. The van der Waals surface area contributed by atoms with E-state index in [4.69, 9.17) is 0 Å². The number of urea groups is 1. The summed E-state index contributed by atoms with van der Waals surface area (Å²) in [5.74, 6) is 0.577. The van der Waals surface area contributed by atoms with Gasteiger partial charge in [-0.3, -0.25) is 0 Å². The van der Waals surface area contributed by atoms with Crippen molar-refractivity contribution < 1.29 is 23.4 Å². The lowest BCUT2D eigenvalue weighted by atomic mass is 9.42. The van der Waals surface area contributed by atoms with Crippen LogP contribution in [-0.4, -0.2) is 35.4 Å². The SMILES string of the molecule is O=C(NCc1ccnc(OC(F)F)c1)NCC(O)C12CC(C1)C2. The lowest BCUT2D eigenvalue weighted by Gasteiger charge is -2.64. The summed E-state index contributed by atoms with van der Waals surface area (Å²) >= 11 is 0. The van der Waals surface area contributed by atoms with Gasteiger partial charge in [0.05, 0.1) is 6.10 Å². The second-order valence-corrected chi connectivity index (χ2v) is 6.30. The summed E-state index contributed by atoms with van der Waals surface area (Å²) in [7, 11) is 0. The molecule has 3 aliphatic rings. The van der Waals surface area contributed by atoms with Crippen LogP contribution in [0.4, 0.5) is 13.6 Å². The van der Waals surface area contributed by atoms with Crippen molar-refractivity contribution in [3.05, 3.63) is 23.9 Å². The number of carbonyl (C=O) groups is 1. The van der Waals surface area contributed by atoms with E-state index in [9.17, 15) is 18.7 Å². The van der Waals surface area contributed by atoms with Crippen LogP contribution in [0.25, 0.3) is 0 Å². The maximum atomic E-state index is 12.1. The molecule has 0 spiro atoms. The van der Waals surface area contributed by atoms with Crippen LogP contribution in [0.3, 0.4) is 0 Å². The average Bonchev–Trinajstić information content (AvgIpc) is 2.39. The van der Waals surface area contributed by atoms with Crippen molar-refractivity contribution in [3.63, 3.8) is 0 Å². The first kappa shape index (κ1) is 15.9. The van der Waals surface area contributed by atoms with Crippen LogP contribution in [0.1, 0.15) is 24.8 Å². The standard InChI is InChI=1S/C15H19F2N3O3/c16-13(17)23-12-3-9(1-2-18-12)7-19-14(22)20-8-11(21)15-4-10(5-15)6-15/h1-3,10-11,13,21H,4-8H2,(H2,19,20,22). The number of hydrogen-bond donors (Lipinski definition) is 3. The van der Waals surface area contributed by atoms with Gasteiger partial charge in [0.15, 0.2) is 0 Å². The quantitative estimate of drug-likeness (QED) is 0.711. The normalized spacial score (nSPS) is 26.0. The van der Waals surface area contributed by atoms with Gasteiger partial charge in [-0.05, 0) is 42.2 Å². The Balaban J connectivity index is 1.40. The van der Waals surface area contributed by atoms with E-state index >= 15 is 0 Å². The Morgan fingerprint density at radius 2 is 2.17 bits per heavy atom. The second kappa shape index (κ2) is 6.27. The highest BCUT2D eigenvalue weighted by atomic mass is 19.3. The Morgan fingerprint density at radius 3 is 2.78 bits per heavy atom. The summed E-state index contributed by atoms with van der Waals surface area (Å²) in [6, 6.07) is 2.52. The topological polar surface area (TPSA) is 83.5 Å². The molecule has 3 fully saturated rings. The number of aliphatic hydroxyl groups excluding tert-OH is 1. The molecule has 0 radical (unpaired) electrons. The van der Waals surface area contributed by atoms with Crippen molar-refractivity contribution in [1.29, 1.82) is 0 Å². The van der Waals surface area contributed by atoms with Crippen molar-refractivity contribution in [3.8, 4) is 5.88 Å². The highest BCUT2D eigenvalue weighted by molar-refractivity contribution is 5.73. The van der Waals surface area contributed by atoms with E-state index in [1.54, 1.807) is 6.07 Å². The minimum Gasteiger partial charge on any atom is -0.417 e. The molecule has 2 amide bonds. The molecule has 1 aromatic rings. The Hall–Kier alpha value is -1.96. The lowest BCUT2D eigenvalue weighted by Crippen LogP contribution is -2.61. The number of amides is 2. The Morgan fingerprint density at radius 1 is 1.43 bits per heavy atom. The molecule has 8 heteroatoms. The Labute approximate surface area is 132 Å². The second-order valence-electron chi connectivity index (χ2n) is 6.30. The minimum absolute atomic E-state index is 0.0323. The van der Waals surface area contributed by atoms with E-state index in [-0.39, 0.29) is 24.4 Å². The van der Waals surface area contributed by atoms with Crippen molar-refractivity contribution in [2.24, 2.45) is 11.3 Å². The van der Waals surface area contributed by atoms with Crippen LogP contribution >= 0.6 is 0 Å². The van der Waals surface area contributed by atoms with E-state index in [0.29, 0.717) is 5.56 Å². The summed E-state index contributed by atoms with van der Waals surface area (Å²) in [6.07, 6.45) is 3.99. The molecule has 126 valence electrons. The first-order chi connectivity index (χ1) is 11.0. The molecule has 23 heavy (non-hydrogen) atoms. The van der Waals surface area contributed by atoms with Crippen molar-refractivity contribution in [2.75, 3.05) is 6.54 Å². The van der Waals surface area contributed by atoms with Crippen LogP contribution in [0.2, 0.25) is 0 Å². The Bertz CT molecular complexity index is 568. The van der Waals surface area contributed by atoms with Gasteiger partial charge in [-0.1, -0.05) is 0 Å². The average molecular weight is 327 g/mol. The van der Waals surface area contributed by atoms with E-state index < -0.39 is 18.7 Å². The zero-order valence-electron chi connectivity index (χ0n) is 12.5. The smallest absolute Gasteiger partial charge is 0.388 e. The van der Waals surface area contributed by atoms with Gasteiger partial charge in [0.2, 0.25) is 5.88 Å². The molecule has 1 aromatic heterocycles. The van der Waals surface area contributed by atoms with Crippen molar-refractivity contribution >= 4 is 6.03 Å². The summed E-state index contributed by atoms with van der Waals surface area (Å²) in [6.45, 7) is -2.57. The van der Waals surface area contributed by atoms with Gasteiger partial charge in [0.1, 0.15) is 0 Å². The molecule has 1 heterocycles. The number of aromatic nitrogens is 1. The van der Waals surface area contributed by atoms with Gasteiger partial charge in [0.25, 0.3) is 0 Å². The van der Waals surface area contributed by atoms with E-state index in [2.05, 4.69) is 20.4 Å². The number of halogens is 2. The summed E-state index contributed by atoms with van der Waals surface area (Å²) in [5.41, 5.74) is 0.621. The molecule has 0 aromatic carbocycles. The van der Waals surface area contributed by atoms with Gasteiger partial charge in [-0.2, -0.15) is 8.78 Å². The predicted octanol–water partition coefficient (Wildman–Crippen LogP) is 1.64. The molecule has 1 unspecified atom stereocenters. The van der Waals surface area contributed by atoms with Gasteiger partial charge in [-0.15, -0.1) is 0 Å². The zero-order chi connectivity index (χ0) is 16.4. The molecule has 2 bridgehead atoms.